The van der Waals surface area contributed by atoms with Crippen LogP contribution in [0.2, 0.25) is 0 Å². The van der Waals surface area contributed by atoms with Crippen molar-refractivity contribution in [3.63, 3.8) is 0 Å². The molecule has 2 heteroatoms. The van der Waals surface area contributed by atoms with E-state index in [1.54, 1.807) is 0 Å². The van der Waals surface area contributed by atoms with E-state index in [1.807, 2.05) is 12.1 Å². The number of hydrogen-bond acceptors (Lipinski definition) is 1. The molecule has 1 heterocycles. The van der Waals surface area contributed by atoms with Crippen LogP contribution in [0, 0.1) is 5.92 Å². The zero-order valence-electron chi connectivity index (χ0n) is 12.1. The lowest BCUT2D eigenvalue weighted by Crippen LogP contribution is -2.13. The first-order chi connectivity index (χ1) is 9.66. The second kappa shape index (κ2) is 5.37. The van der Waals surface area contributed by atoms with Crippen LogP contribution in [0.5, 0.6) is 11.5 Å². The summed E-state index contributed by atoms with van der Waals surface area (Å²) in [4.78, 5) is 4.00. The first-order valence-electron chi connectivity index (χ1n) is 6.95. The Kier molecular flexibility index (Phi) is 3.58. The zero-order chi connectivity index (χ0) is 14.1. The average Bonchev–Trinajstić information content (AvgIpc) is 2.43. The highest BCUT2D eigenvalue weighted by Gasteiger charge is 2.38. The molecule has 0 bridgehead atoms. The van der Waals surface area contributed by atoms with E-state index in [9.17, 15) is 0 Å². The minimum absolute atomic E-state index is 0.0238. The maximum atomic E-state index is 6.04. The molecule has 1 nitrogen and oxygen atoms in total. The van der Waals surface area contributed by atoms with E-state index in [1.165, 1.54) is 14.7 Å². The van der Waals surface area contributed by atoms with Crippen LogP contribution in [-0.2, 0) is 10.9 Å². The lowest BCUT2D eigenvalue weighted by Gasteiger charge is -2.20. The molecule has 0 N–H and O–H groups in total. The first-order valence-corrected chi connectivity index (χ1v) is 8.18. The summed E-state index contributed by atoms with van der Waals surface area (Å²) in [5.41, 5.74) is 0. The van der Waals surface area contributed by atoms with Gasteiger partial charge in [-0.1, -0.05) is 38.1 Å². The third-order valence-corrected chi connectivity index (χ3v) is 5.58. The fraction of sp³-hybridized carbons (Fsp3) is 0.222. The number of para-hydroxylation sites is 2. The molecule has 0 aromatic heterocycles. The molecule has 0 spiro atoms. The standard InChI is InChI=1S/C18H19OS/c1-13(2)12-14(3)20-17-10-6-4-8-15(17)19-16-9-5-7-11-18(16)20/h4-13H,1-3H3/q+1/b14-12-. The molecule has 0 unspecified atom stereocenters. The Morgan fingerprint density at radius 2 is 1.45 bits per heavy atom. The second-order valence-electron chi connectivity index (χ2n) is 5.32. The van der Waals surface area contributed by atoms with Gasteiger partial charge in [-0.25, -0.2) is 0 Å². The van der Waals surface area contributed by atoms with Gasteiger partial charge in [0, 0.05) is 6.92 Å². The molecule has 0 saturated heterocycles. The summed E-state index contributed by atoms with van der Waals surface area (Å²) in [6.07, 6.45) is 2.36. The van der Waals surface area contributed by atoms with Crippen LogP contribution >= 0.6 is 0 Å². The molecule has 0 amide bonds. The molecule has 2 aromatic carbocycles. The van der Waals surface area contributed by atoms with Crippen molar-refractivity contribution in [3.05, 3.63) is 59.5 Å². The maximum Gasteiger partial charge on any atom is 0.208 e. The predicted molar refractivity (Wildman–Crippen MR) is 85.5 cm³/mol. The number of benzene rings is 2. The summed E-state index contributed by atoms with van der Waals surface area (Å²) in [6.45, 7) is 6.69. The second-order valence-corrected chi connectivity index (χ2v) is 7.46. The van der Waals surface area contributed by atoms with Crippen LogP contribution in [-0.4, -0.2) is 0 Å². The van der Waals surface area contributed by atoms with Crippen molar-refractivity contribution < 1.29 is 4.74 Å². The number of hydrogen-bond donors (Lipinski definition) is 0. The van der Waals surface area contributed by atoms with E-state index in [0.29, 0.717) is 5.92 Å². The molecule has 0 fully saturated rings. The quantitative estimate of drug-likeness (QED) is 0.672. The van der Waals surface area contributed by atoms with Crippen molar-refractivity contribution in [1.29, 1.82) is 0 Å². The van der Waals surface area contributed by atoms with Gasteiger partial charge in [-0.05, 0) is 36.3 Å². The highest BCUT2D eigenvalue weighted by atomic mass is 32.2. The SMILES string of the molecule is C/C(=C/C(C)C)[S+]1c2ccccc2Oc2ccccc21. The van der Waals surface area contributed by atoms with E-state index in [0.717, 1.165) is 11.5 Å². The molecule has 20 heavy (non-hydrogen) atoms. The normalized spacial score (nSPS) is 14.7. The van der Waals surface area contributed by atoms with Gasteiger partial charge < -0.3 is 4.74 Å². The summed E-state index contributed by atoms with van der Waals surface area (Å²) >= 11 is 0. The number of ether oxygens (including phenoxy) is 1. The van der Waals surface area contributed by atoms with Gasteiger partial charge in [0.2, 0.25) is 9.79 Å². The van der Waals surface area contributed by atoms with Gasteiger partial charge in [-0.15, -0.1) is 0 Å². The third kappa shape index (κ3) is 2.36. The highest BCUT2D eigenvalue weighted by molar-refractivity contribution is 8.00. The zero-order valence-corrected chi connectivity index (χ0v) is 12.9. The Bertz CT molecular complexity index is 612. The fourth-order valence-corrected chi connectivity index (χ4v) is 4.92. The molecular formula is C18H19OS+. The van der Waals surface area contributed by atoms with E-state index in [2.05, 4.69) is 63.2 Å². The summed E-state index contributed by atoms with van der Waals surface area (Å²) in [5, 5.41) is 0. The number of allylic oxidation sites excluding steroid dienone is 2. The van der Waals surface area contributed by atoms with Crippen molar-refractivity contribution >= 4 is 10.9 Å². The average molecular weight is 283 g/mol. The summed E-state index contributed by atoms with van der Waals surface area (Å²) in [6, 6.07) is 16.8. The van der Waals surface area contributed by atoms with Crippen molar-refractivity contribution in [2.45, 2.75) is 30.6 Å². The number of rotatable bonds is 2. The molecule has 102 valence electrons. The van der Waals surface area contributed by atoms with Gasteiger partial charge in [0.25, 0.3) is 0 Å². The van der Waals surface area contributed by atoms with Gasteiger partial charge >= 0.3 is 0 Å². The molecule has 0 saturated carbocycles. The van der Waals surface area contributed by atoms with E-state index >= 15 is 0 Å². The Balaban J connectivity index is 2.17. The fourth-order valence-electron chi connectivity index (χ4n) is 2.53. The van der Waals surface area contributed by atoms with Crippen LogP contribution in [0.15, 0.2) is 69.3 Å². The summed E-state index contributed by atoms with van der Waals surface area (Å²) < 4.78 is 6.04. The van der Waals surface area contributed by atoms with E-state index in [-0.39, 0.29) is 10.9 Å². The molecular weight excluding hydrogens is 264 g/mol. The molecule has 3 rings (SSSR count). The Morgan fingerprint density at radius 3 is 1.95 bits per heavy atom. The summed E-state index contributed by atoms with van der Waals surface area (Å²) in [5.74, 6) is 2.54. The minimum Gasteiger partial charge on any atom is -0.447 e. The van der Waals surface area contributed by atoms with Gasteiger partial charge in [0.05, 0.1) is 0 Å². The van der Waals surface area contributed by atoms with Crippen LogP contribution in [0.25, 0.3) is 0 Å². The van der Waals surface area contributed by atoms with Crippen LogP contribution < -0.4 is 4.74 Å². The Labute approximate surface area is 123 Å². The van der Waals surface area contributed by atoms with E-state index < -0.39 is 0 Å². The predicted octanol–water partition coefficient (Wildman–Crippen LogP) is 5.39. The van der Waals surface area contributed by atoms with Crippen LogP contribution in [0.4, 0.5) is 0 Å². The topological polar surface area (TPSA) is 9.23 Å². The number of fused-ring (bicyclic) bond motifs is 2. The van der Waals surface area contributed by atoms with E-state index in [4.69, 9.17) is 4.74 Å². The lowest BCUT2D eigenvalue weighted by molar-refractivity contribution is 0.453. The van der Waals surface area contributed by atoms with Crippen LogP contribution in [0.1, 0.15) is 20.8 Å². The molecule has 0 aliphatic carbocycles. The molecule has 0 radical (unpaired) electrons. The molecule has 1 aliphatic heterocycles. The highest BCUT2D eigenvalue weighted by Crippen LogP contribution is 2.46. The van der Waals surface area contributed by atoms with Crippen molar-refractivity contribution in [3.8, 4) is 11.5 Å². The first kappa shape index (κ1) is 13.3. The van der Waals surface area contributed by atoms with Crippen molar-refractivity contribution in [2.24, 2.45) is 5.92 Å². The summed E-state index contributed by atoms with van der Waals surface area (Å²) in [7, 11) is -0.0238. The minimum atomic E-state index is -0.0238. The molecule has 1 aliphatic rings. The van der Waals surface area contributed by atoms with Crippen molar-refractivity contribution in [2.75, 3.05) is 0 Å². The Morgan fingerprint density at radius 1 is 0.950 bits per heavy atom. The Hall–Kier alpha value is -1.67. The van der Waals surface area contributed by atoms with Gasteiger partial charge in [0.15, 0.2) is 11.5 Å². The van der Waals surface area contributed by atoms with Gasteiger partial charge in [-0.2, -0.15) is 0 Å². The maximum absolute atomic E-state index is 6.04. The largest absolute Gasteiger partial charge is 0.447 e. The van der Waals surface area contributed by atoms with Gasteiger partial charge in [-0.3, -0.25) is 0 Å². The molecule has 0 atom stereocenters. The molecule has 2 aromatic rings. The van der Waals surface area contributed by atoms with Gasteiger partial charge in [0.1, 0.15) is 15.8 Å². The van der Waals surface area contributed by atoms with Crippen molar-refractivity contribution in [1.82, 2.24) is 0 Å². The third-order valence-electron chi connectivity index (χ3n) is 3.25. The smallest absolute Gasteiger partial charge is 0.208 e. The van der Waals surface area contributed by atoms with Crippen LogP contribution in [0.3, 0.4) is 0 Å². The monoisotopic (exact) mass is 283 g/mol. The lowest BCUT2D eigenvalue weighted by atomic mass is 10.2.